The van der Waals surface area contributed by atoms with E-state index in [0.717, 1.165) is 0 Å². The quantitative estimate of drug-likeness (QED) is 0.524. The standard InChI is InChI=1S/C6H12O/c1-5(7)6-3-2-4-6/h5-7H,2-4H2,1H3/t5-/m1/s1. The number of hydrogen-bond acceptors (Lipinski definition) is 1. The maximum absolute atomic E-state index is 8.87. The topological polar surface area (TPSA) is 20.2 Å². The molecule has 1 fully saturated rings. The van der Waals surface area contributed by atoms with Crippen molar-refractivity contribution in [1.82, 2.24) is 0 Å². The molecule has 1 rings (SSSR count). The van der Waals surface area contributed by atoms with Crippen molar-refractivity contribution in [3.05, 3.63) is 0 Å². The molecule has 0 aromatic carbocycles. The van der Waals surface area contributed by atoms with Crippen LogP contribution in [-0.4, -0.2) is 11.2 Å². The lowest BCUT2D eigenvalue weighted by Gasteiger charge is -2.27. The van der Waals surface area contributed by atoms with Gasteiger partial charge in [-0.25, -0.2) is 0 Å². The molecule has 1 nitrogen and oxygen atoms in total. The SMILES string of the molecule is C[C@@H](O)C1CCC1. The zero-order valence-electron chi connectivity index (χ0n) is 4.72. The molecule has 0 heterocycles. The molecule has 0 aromatic heterocycles. The molecule has 1 atom stereocenters. The summed E-state index contributed by atoms with van der Waals surface area (Å²) >= 11 is 0. The molecular weight excluding hydrogens is 88.1 g/mol. The molecule has 0 unspecified atom stereocenters. The van der Waals surface area contributed by atoms with Crippen LogP contribution in [-0.2, 0) is 0 Å². The van der Waals surface area contributed by atoms with Gasteiger partial charge in [0.15, 0.2) is 0 Å². The molecular formula is C6H12O. The maximum Gasteiger partial charge on any atom is 0.0540 e. The van der Waals surface area contributed by atoms with E-state index < -0.39 is 0 Å². The van der Waals surface area contributed by atoms with Gasteiger partial charge in [-0.05, 0) is 25.7 Å². The highest BCUT2D eigenvalue weighted by atomic mass is 16.3. The summed E-state index contributed by atoms with van der Waals surface area (Å²) in [4.78, 5) is 0. The first-order chi connectivity index (χ1) is 3.30. The normalized spacial score (nSPS) is 26.6. The average Bonchev–Trinajstić information content (AvgIpc) is 1.23. The zero-order valence-corrected chi connectivity index (χ0v) is 4.72. The highest BCUT2D eigenvalue weighted by Gasteiger charge is 2.21. The van der Waals surface area contributed by atoms with Crippen LogP contribution in [0.4, 0.5) is 0 Å². The van der Waals surface area contributed by atoms with Crippen molar-refractivity contribution < 1.29 is 5.11 Å². The monoisotopic (exact) mass is 100 g/mol. The Morgan fingerprint density at radius 1 is 1.57 bits per heavy atom. The Morgan fingerprint density at radius 2 is 2.14 bits per heavy atom. The van der Waals surface area contributed by atoms with E-state index in [0.29, 0.717) is 5.92 Å². The molecule has 0 aromatic rings. The van der Waals surface area contributed by atoms with Crippen molar-refractivity contribution in [1.29, 1.82) is 0 Å². The predicted molar refractivity (Wildman–Crippen MR) is 29.0 cm³/mol. The molecule has 0 aliphatic heterocycles. The molecule has 0 spiro atoms. The van der Waals surface area contributed by atoms with E-state index in [4.69, 9.17) is 5.11 Å². The van der Waals surface area contributed by atoms with Gasteiger partial charge in [-0.3, -0.25) is 0 Å². The smallest absolute Gasteiger partial charge is 0.0540 e. The molecule has 0 bridgehead atoms. The summed E-state index contributed by atoms with van der Waals surface area (Å²) in [5.41, 5.74) is 0. The van der Waals surface area contributed by atoms with Crippen molar-refractivity contribution in [2.24, 2.45) is 5.92 Å². The molecule has 1 N–H and O–H groups in total. The van der Waals surface area contributed by atoms with Gasteiger partial charge in [0.1, 0.15) is 0 Å². The summed E-state index contributed by atoms with van der Waals surface area (Å²) in [5.74, 6) is 0.639. The fraction of sp³-hybridized carbons (Fsp3) is 1.00. The van der Waals surface area contributed by atoms with E-state index in [1.165, 1.54) is 19.3 Å². The van der Waals surface area contributed by atoms with Crippen LogP contribution in [0.2, 0.25) is 0 Å². The van der Waals surface area contributed by atoms with Gasteiger partial charge in [0.05, 0.1) is 6.10 Å². The largest absolute Gasteiger partial charge is 0.393 e. The summed E-state index contributed by atoms with van der Waals surface area (Å²) in [5, 5.41) is 8.87. The molecule has 0 amide bonds. The third-order valence-corrected chi connectivity index (χ3v) is 1.83. The van der Waals surface area contributed by atoms with E-state index >= 15 is 0 Å². The molecule has 0 saturated heterocycles. The van der Waals surface area contributed by atoms with Crippen LogP contribution in [0.15, 0.2) is 0 Å². The van der Waals surface area contributed by atoms with Crippen molar-refractivity contribution >= 4 is 0 Å². The molecule has 1 aliphatic rings. The lowest BCUT2D eigenvalue weighted by atomic mass is 9.82. The molecule has 1 saturated carbocycles. The Labute approximate surface area is 44.4 Å². The van der Waals surface area contributed by atoms with Crippen LogP contribution in [0.3, 0.4) is 0 Å². The van der Waals surface area contributed by atoms with Gasteiger partial charge in [0.2, 0.25) is 0 Å². The average molecular weight is 100 g/mol. The second-order valence-electron chi connectivity index (χ2n) is 2.43. The third kappa shape index (κ3) is 0.942. The summed E-state index contributed by atoms with van der Waals surface area (Å²) in [6, 6.07) is 0. The van der Waals surface area contributed by atoms with Gasteiger partial charge < -0.3 is 5.11 Å². The number of aliphatic hydroxyl groups is 1. The summed E-state index contributed by atoms with van der Waals surface area (Å²) in [7, 11) is 0. The van der Waals surface area contributed by atoms with E-state index in [2.05, 4.69) is 0 Å². The van der Waals surface area contributed by atoms with E-state index in [9.17, 15) is 0 Å². The van der Waals surface area contributed by atoms with Gasteiger partial charge in [-0.15, -0.1) is 0 Å². The van der Waals surface area contributed by atoms with Crippen LogP contribution in [0, 0.1) is 5.92 Å². The van der Waals surface area contributed by atoms with E-state index in [1.54, 1.807) is 0 Å². The van der Waals surface area contributed by atoms with Crippen molar-refractivity contribution in [3.8, 4) is 0 Å². The molecule has 0 radical (unpaired) electrons. The first-order valence-electron chi connectivity index (χ1n) is 2.99. The summed E-state index contributed by atoms with van der Waals surface area (Å²) < 4.78 is 0. The van der Waals surface area contributed by atoms with Gasteiger partial charge >= 0.3 is 0 Å². The minimum atomic E-state index is -0.0475. The van der Waals surface area contributed by atoms with Crippen LogP contribution < -0.4 is 0 Å². The highest BCUT2D eigenvalue weighted by Crippen LogP contribution is 2.28. The minimum Gasteiger partial charge on any atom is -0.393 e. The first kappa shape index (κ1) is 5.10. The van der Waals surface area contributed by atoms with Gasteiger partial charge in [-0.1, -0.05) is 6.42 Å². The van der Waals surface area contributed by atoms with Crippen molar-refractivity contribution in [3.63, 3.8) is 0 Å². The fourth-order valence-electron chi connectivity index (χ4n) is 0.922. The summed E-state index contributed by atoms with van der Waals surface area (Å²) in [6.45, 7) is 1.88. The highest BCUT2D eigenvalue weighted by molar-refractivity contribution is 4.73. The minimum absolute atomic E-state index is 0.0475. The first-order valence-corrected chi connectivity index (χ1v) is 2.99. The number of rotatable bonds is 1. The Morgan fingerprint density at radius 3 is 2.14 bits per heavy atom. The number of aliphatic hydroxyl groups excluding tert-OH is 1. The Balaban J connectivity index is 2.14. The fourth-order valence-corrected chi connectivity index (χ4v) is 0.922. The molecule has 42 valence electrons. The Hall–Kier alpha value is -0.0400. The third-order valence-electron chi connectivity index (χ3n) is 1.83. The lowest BCUT2D eigenvalue weighted by Crippen LogP contribution is -2.23. The van der Waals surface area contributed by atoms with Crippen LogP contribution in [0.1, 0.15) is 26.2 Å². The second-order valence-corrected chi connectivity index (χ2v) is 2.43. The lowest BCUT2D eigenvalue weighted by molar-refractivity contribution is 0.0779. The molecule has 1 heteroatoms. The van der Waals surface area contributed by atoms with Crippen LogP contribution >= 0.6 is 0 Å². The Bertz CT molecular complexity index is 55.2. The zero-order chi connectivity index (χ0) is 5.28. The number of hydrogen-bond donors (Lipinski definition) is 1. The van der Waals surface area contributed by atoms with Gasteiger partial charge in [0.25, 0.3) is 0 Å². The van der Waals surface area contributed by atoms with Crippen LogP contribution in [0.5, 0.6) is 0 Å². The predicted octanol–water partition coefficient (Wildman–Crippen LogP) is 1.17. The second kappa shape index (κ2) is 1.83. The van der Waals surface area contributed by atoms with Crippen molar-refractivity contribution in [2.45, 2.75) is 32.3 Å². The van der Waals surface area contributed by atoms with E-state index in [-0.39, 0.29) is 6.10 Å². The van der Waals surface area contributed by atoms with E-state index in [1.807, 2.05) is 6.92 Å². The molecule has 7 heavy (non-hydrogen) atoms. The van der Waals surface area contributed by atoms with Gasteiger partial charge in [0, 0.05) is 0 Å². The van der Waals surface area contributed by atoms with Gasteiger partial charge in [-0.2, -0.15) is 0 Å². The maximum atomic E-state index is 8.87. The molecule has 1 aliphatic carbocycles. The summed E-state index contributed by atoms with van der Waals surface area (Å²) in [6.07, 6.45) is 3.78. The van der Waals surface area contributed by atoms with Crippen LogP contribution in [0.25, 0.3) is 0 Å². The Kier molecular flexibility index (Phi) is 1.33. The van der Waals surface area contributed by atoms with Crippen molar-refractivity contribution in [2.75, 3.05) is 0 Å².